The maximum Gasteiger partial charge on any atom is 0.168 e. The highest BCUT2D eigenvalue weighted by Crippen LogP contribution is 2.29. The average Bonchev–Trinajstić information content (AvgIpc) is 2.29. The lowest BCUT2D eigenvalue weighted by Crippen LogP contribution is -1.93. The Morgan fingerprint density at radius 3 is 2.38 bits per heavy atom. The van der Waals surface area contributed by atoms with E-state index in [-0.39, 0.29) is 0 Å². The summed E-state index contributed by atoms with van der Waals surface area (Å²) < 4.78 is 27.6. The van der Waals surface area contributed by atoms with Crippen LogP contribution in [-0.2, 0) is 10.7 Å². The molecule has 2 rings (SSSR count). The lowest BCUT2D eigenvalue weighted by molar-refractivity contribution is 0.344. The molecule has 0 saturated carbocycles. The topological polar surface area (TPSA) is 43.4 Å². The van der Waals surface area contributed by atoms with Crippen molar-refractivity contribution in [1.82, 2.24) is 0 Å². The van der Waals surface area contributed by atoms with Crippen LogP contribution in [0.25, 0.3) is 10.8 Å². The number of hydrogen-bond donors (Lipinski definition) is 1. The molecule has 3 nitrogen and oxygen atoms in total. The first-order valence-corrected chi connectivity index (χ1v) is 6.20. The standard InChI is InChI=1S/C12H12O3S/c1-2-15-11-7-8-12(16(13)14)10-6-4-3-5-9(10)11/h3-8,16H,2H2,1H3. The Labute approximate surface area is 95.6 Å². The van der Waals surface area contributed by atoms with Crippen molar-refractivity contribution in [3.8, 4) is 5.75 Å². The first kappa shape index (κ1) is 11.0. The molecule has 0 radical (unpaired) electrons. The molecule has 4 heteroatoms. The Morgan fingerprint density at radius 1 is 1.06 bits per heavy atom. The average molecular weight is 236 g/mol. The fourth-order valence-corrected chi connectivity index (χ4v) is 2.28. The van der Waals surface area contributed by atoms with Crippen molar-refractivity contribution in [1.29, 1.82) is 0 Å². The summed E-state index contributed by atoms with van der Waals surface area (Å²) in [4.78, 5) is 0.342. The molecule has 0 heterocycles. The highest BCUT2D eigenvalue weighted by Gasteiger charge is 2.07. The number of hydrogen-bond acceptors (Lipinski definition) is 3. The molecule has 0 amide bonds. The summed E-state index contributed by atoms with van der Waals surface area (Å²) in [6.07, 6.45) is 0. The van der Waals surface area contributed by atoms with Gasteiger partial charge in [-0.25, -0.2) is 8.42 Å². The third-order valence-electron chi connectivity index (χ3n) is 2.36. The van der Waals surface area contributed by atoms with Gasteiger partial charge in [0.15, 0.2) is 10.7 Å². The van der Waals surface area contributed by atoms with Crippen molar-refractivity contribution < 1.29 is 13.2 Å². The van der Waals surface area contributed by atoms with Crippen molar-refractivity contribution in [2.24, 2.45) is 0 Å². The van der Waals surface area contributed by atoms with Gasteiger partial charge in [-0.2, -0.15) is 0 Å². The minimum absolute atomic E-state index is 0.342. The van der Waals surface area contributed by atoms with E-state index in [9.17, 15) is 8.42 Å². The Hall–Kier alpha value is -1.55. The van der Waals surface area contributed by atoms with Gasteiger partial charge >= 0.3 is 0 Å². The van der Waals surface area contributed by atoms with Gasteiger partial charge in [0.2, 0.25) is 0 Å². The Balaban J connectivity index is 2.76. The third kappa shape index (κ3) is 1.88. The Morgan fingerprint density at radius 2 is 1.75 bits per heavy atom. The highest BCUT2D eigenvalue weighted by atomic mass is 32.2. The molecule has 0 aliphatic carbocycles. The first-order valence-electron chi connectivity index (χ1n) is 5.03. The van der Waals surface area contributed by atoms with E-state index in [2.05, 4.69) is 0 Å². The quantitative estimate of drug-likeness (QED) is 0.831. The minimum atomic E-state index is -2.57. The van der Waals surface area contributed by atoms with Crippen LogP contribution in [0, 0.1) is 0 Å². The summed E-state index contributed by atoms with van der Waals surface area (Å²) in [5.41, 5.74) is 0. The van der Waals surface area contributed by atoms with Gasteiger partial charge in [-0.1, -0.05) is 24.3 Å². The van der Waals surface area contributed by atoms with Crippen LogP contribution in [0.4, 0.5) is 0 Å². The molecule has 0 fully saturated rings. The van der Waals surface area contributed by atoms with E-state index in [4.69, 9.17) is 4.74 Å². The molecule has 0 N–H and O–H groups in total. The van der Waals surface area contributed by atoms with Crippen LogP contribution in [0.2, 0.25) is 0 Å². The summed E-state index contributed by atoms with van der Waals surface area (Å²) in [6.45, 7) is 2.46. The van der Waals surface area contributed by atoms with Crippen LogP contribution >= 0.6 is 0 Å². The number of ether oxygens (including phenoxy) is 1. The van der Waals surface area contributed by atoms with Gasteiger partial charge in [0.05, 0.1) is 11.5 Å². The predicted molar refractivity (Wildman–Crippen MR) is 63.7 cm³/mol. The molecule has 0 unspecified atom stereocenters. The van der Waals surface area contributed by atoms with E-state index in [1.165, 1.54) is 0 Å². The number of rotatable bonds is 3. The minimum Gasteiger partial charge on any atom is -0.493 e. The van der Waals surface area contributed by atoms with E-state index in [1.54, 1.807) is 18.2 Å². The fraction of sp³-hybridized carbons (Fsp3) is 0.167. The van der Waals surface area contributed by atoms with Gasteiger partial charge < -0.3 is 4.74 Å². The van der Waals surface area contributed by atoms with Crippen LogP contribution in [0.5, 0.6) is 5.75 Å². The van der Waals surface area contributed by atoms with Crippen molar-refractivity contribution in [2.75, 3.05) is 6.61 Å². The smallest absolute Gasteiger partial charge is 0.168 e. The van der Waals surface area contributed by atoms with Gasteiger partial charge in [-0.05, 0) is 19.1 Å². The molecule has 0 aromatic heterocycles. The zero-order valence-electron chi connectivity index (χ0n) is 8.84. The zero-order valence-corrected chi connectivity index (χ0v) is 9.74. The number of fused-ring (bicyclic) bond motifs is 1. The van der Waals surface area contributed by atoms with E-state index in [0.717, 1.165) is 11.1 Å². The first-order chi connectivity index (χ1) is 7.74. The van der Waals surface area contributed by atoms with E-state index in [0.29, 0.717) is 16.9 Å². The molecule has 0 aliphatic rings. The van der Waals surface area contributed by atoms with Crippen LogP contribution in [0.15, 0.2) is 41.3 Å². The SMILES string of the molecule is CCOc1ccc([SH](=O)=O)c2ccccc12. The van der Waals surface area contributed by atoms with Crippen molar-refractivity contribution >= 4 is 21.5 Å². The molecule has 2 aromatic carbocycles. The van der Waals surface area contributed by atoms with Crippen LogP contribution in [-0.4, -0.2) is 15.0 Å². The zero-order chi connectivity index (χ0) is 11.5. The predicted octanol–water partition coefficient (Wildman–Crippen LogP) is 2.21. The maximum atomic E-state index is 11.1. The van der Waals surface area contributed by atoms with Crippen LogP contribution in [0.1, 0.15) is 6.92 Å². The molecule has 0 atom stereocenters. The fourth-order valence-electron chi connectivity index (χ4n) is 1.70. The van der Waals surface area contributed by atoms with Crippen molar-refractivity contribution in [3.05, 3.63) is 36.4 Å². The molecule has 0 aliphatic heterocycles. The summed E-state index contributed by atoms with van der Waals surface area (Å²) in [7, 11) is -2.57. The lowest BCUT2D eigenvalue weighted by Gasteiger charge is -2.08. The normalized spacial score (nSPS) is 10.9. The van der Waals surface area contributed by atoms with Crippen LogP contribution in [0.3, 0.4) is 0 Å². The van der Waals surface area contributed by atoms with Crippen molar-refractivity contribution in [3.63, 3.8) is 0 Å². The highest BCUT2D eigenvalue weighted by molar-refractivity contribution is 7.72. The second kappa shape index (κ2) is 4.53. The molecular weight excluding hydrogens is 224 g/mol. The number of thiol groups is 1. The van der Waals surface area contributed by atoms with Gasteiger partial charge in [-0.15, -0.1) is 0 Å². The van der Waals surface area contributed by atoms with E-state index < -0.39 is 10.7 Å². The van der Waals surface area contributed by atoms with Crippen LogP contribution < -0.4 is 4.74 Å². The van der Waals surface area contributed by atoms with E-state index >= 15 is 0 Å². The largest absolute Gasteiger partial charge is 0.493 e. The maximum absolute atomic E-state index is 11.1. The summed E-state index contributed by atoms with van der Waals surface area (Å²) >= 11 is 0. The summed E-state index contributed by atoms with van der Waals surface area (Å²) in [5.74, 6) is 0.721. The molecule has 0 spiro atoms. The second-order valence-electron chi connectivity index (χ2n) is 3.32. The molecule has 0 saturated heterocycles. The second-order valence-corrected chi connectivity index (χ2v) is 4.31. The van der Waals surface area contributed by atoms with Gasteiger partial charge in [-0.3, -0.25) is 0 Å². The van der Waals surface area contributed by atoms with Gasteiger partial charge in [0.25, 0.3) is 0 Å². The summed E-state index contributed by atoms with van der Waals surface area (Å²) in [6, 6.07) is 10.6. The molecule has 2 aromatic rings. The lowest BCUT2D eigenvalue weighted by atomic mass is 10.1. The monoisotopic (exact) mass is 236 g/mol. The molecular formula is C12H12O3S. The molecule has 84 valence electrons. The van der Waals surface area contributed by atoms with E-state index in [1.807, 2.05) is 25.1 Å². The molecule has 16 heavy (non-hydrogen) atoms. The van der Waals surface area contributed by atoms with Crippen molar-refractivity contribution in [2.45, 2.75) is 11.8 Å². The molecule has 0 bridgehead atoms. The Kier molecular flexibility index (Phi) is 3.10. The third-order valence-corrected chi connectivity index (χ3v) is 3.14. The number of benzene rings is 2. The summed E-state index contributed by atoms with van der Waals surface area (Å²) in [5, 5.41) is 1.55. The van der Waals surface area contributed by atoms with Gasteiger partial charge in [0.1, 0.15) is 5.75 Å². The van der Waals surface area contributed by atoms with Gasteiger partial charge in [0, 0.05) is 10.8 Å². The Bertz CT molecular complexity index is 580.